The van der Waals surface area contributed by atoms with E-state index in [1.165, 1.54) is 17.4 Å². The number of hydrogen-bond donors (Lipinski definition) is 1. The van der Waals surface area contributed by atoms with Gasteiger partial charge in [0.15, 0.2) is 0 Å². The summed E-state index contributed by atoms with van der Waals surface area (Å²) < 4.78 is 5.50. The summed E-state index contributed by atoms with van der Waals surface area (Å²) in [7, 11) is 0. The van der Waals surface area contributed by atoms with Crippen molar-refractivity contribution in [1.82, 2.24) is 15.1 Å². The number of piperazine rings is 1. The number of rotatable bonds is 7. The maximum absolute atomic E-state index is 12.1. The van der Waals surface area contributed by atoms with Crippen molar-refractivity contribution in [2.24, 2.45) is 0 Å². The molecule has 0 radical (unpaired) electrons. The Hall–Kier alpha value is -2.06. The summed E-state index contributed by atoms with van der Waals surface area (Å²) >= 11 is 1.25. The summed E-state index contributed by atoms with van der Waals surface area (Å²) in [5.74, 6) is 0.923. The highest BCUT2D eigenvalue weighted by atomic mass is 32.2. The molecule has 0 unspecified atom stereocenters. The van der Waals surface area contributed by atoms with Gasteiger partial charge in [-0.3, -0.25) is 4.79 Å². The second-order valence-corrected chi connectivity index (χ2v) is 7.79. The molecule has 27 heavy (non-hydrogen) atoms. The number of benzene rings is 1. The second kappa shape index (κ2) is 9.23. The van der Waals surface area contributed by atoms with Gasteiger partial charge < -0.3 is 19.5 Å². The van der Waals surface area contributed by atoms with E-state index in [1.54, 1.807) is 0 Å². The lowest BCUT2D eigenvalue weighted by Crippen LogP contribution is -2.46. The molecule has 0 aliphatic carbocycles. The molecule has 1 aromatic carbocycles. The molecule has 2 heterocycles. The molecule has 3 rings (SSSR count). The van der Waals surface area contributed by atoms with Crippen molar-refractivity contribution in [2.75, 3.05) is 48.7 Å². The highest BCUT2D eigenvalue weighted by molar-refractivity contribution is 7.99. The van der Waals surface area contributed by atoms with Crippen molar-refractivity contribution in [3.8, 4) is 0 Å². The molecule has 0 saturated carbocycles. The number of anilines is 2. The van der Waals surface area contributed by atoms with Crippen molar-refractivity contribution in [2.45, 2.75) is 31.9 Å². The molecule has 0 atom stereocenters. The minimum atomic E-state index is -0.0893. The van der Waals surface area contributed by atoms with Gasteiger partial charge in [-0.05, 0) is 30.8 Å². The summed E-state index contributed by atoms with van der Waals surface area (Å²) in [4.78, 5) is 17.0. The molecule has 0 bridgehead atoms. The summed E-state index contributed by atoms with van der Waals surface area (Å²) in [5.41, 5.74) is 2.00. The zero-order valence-corrected chi connectivity index (χ0v) is 17.0. The summed E-state index contributed by atoms with van der Waals surface area (Å²) in [6, 6.07) is 8.04. The zero-order valence-electron chi connectivity index (χ0n) is 16.1. The first-order valence-corrected chi connectivity index (χ1v) is 10.4. The molecule has 1 amide bonds. The molecule has 8 heteroatoms. The quantitative estimate of drug-likeness (QED) is 0.730. The number of aromatic nitrogens is 2. The lowest BCUT2D eigenvalue weighted by Gasteiger charge is -2.35. The molecule has 1 saturated heterocycles. The summed E-state index contributed by atoms with van der Waals surface area (Å²) in [6.07, 6.45) is 0. The van der Waals surface area contributed by atoms with E-state index in [0.717, 1.165) is 38.4 Å². The number of amides is 1. The first kappa shape index (κ1) is 19.7. The Balaban J connectivity index is 1.46. The van der Waals surface area contributed by atoms with E-state index < -0.39 is 0 Å². The Morgan fingerprint density at radius 3 is 2.48 bits per heavy atom. The van der Waals surface area contributed by atoms with Gasteiger partial charge in [-0.15, -0.1) is 10.2 Å². The molecular weight excluding hydrogens is 362 g/mol. The van der Waals surface area contributed by atoms with E-state index in [0.29, 0.717) is 11.1 Å². The molecule has 1 fully saturated rings. The van der Waals surface area contributed by atoms with E-state index in [1.807, 2.05) is 26.0 Å². The molecule has 1 aliphatic rings. The van der Waals surface area contributed by atoms with E-state index >= 15 is 0 Å². The van der Waals surface area contributed by atoms with Crippen LogP contribution in [-0.2, 0) is 4.79 Å². The smallest absolute Gasteiger partial charge is 0.277 e. The Kier molecular flexibility index (Phi) is 6.73. The van der Waals surface area contributed by atoms with Gasteiger partial charge in [0, 0.05) is 43.5 Å². The maximum Gasteiger partial charge on any atom is 0.277 e. The molecule has 1 N–H and O–H groups in total. The van der Waals surface area contributed by atoms with Gasteiger partial charge >= 0.3 is 0 Å². The molecule has 7 nitrogen and oxygen atoms in total. The minimum absolute atomic E-state index is 0.0893. The van der Waals surface area contributed by atoms with Crippen LogP contribution in [0.15, 0.2) is 33.9 Å². The van der Waals surface area contributed by atoms with Crippen molar-refractivity contribution in [1.29, 1.82) is 0 Å². The lowest BCUT2D eigenvalue weighted by molar-refractivity contribution is -0.113. The van der Waals surface area contributed by atoms with Crippen LogP contribution in [0, 0.1) is 0 Å². The van der Waals surface area contributed by atoms with Crippen molar-refractivity contribution in [3.63, 3.8) is 0 Å². The third-order valence-electron chi connectivity index (χ3n) is 4.58. The van der Waals surface area contributed by atoms with E-state index in [2.05, 4.69) is 44.4 Å². The minimum Gasteiger partial charge on any atom is -0.416 e. The lowest BCUT2D eigenvalue weighted by atomic mass is 10.2. The fourth-order valence-electron chi connectivity index (χ4n) is 2.91. The number of nitrogens with zero attached hydrogens (tertiary/aromatic N) is 4. The number of likely N-dealkylation sites (N-methyl/N-ethyl adjacent to an activating group) is 1. The van der Waals surface area contributed by atoms with Crippen LogP contribution in [0.2, 0.25) is 0 Å². The van der Waals surface area contributed by atoms with Gasteiger partial charge in [-0.1, -0.05) is 32.5 Å². The van der Waals surface area contributed by atoms with Crippen LogP contribution in [0.3, 0.4) is 0 Å². The third-order valence-corrected chi connectivity index (χ3v) is 5.40. The Morgan fingerprint density at radius 1 is 1.19 bits per heavy atom. The van der Waals surface area contributed by atoms with E-state index in [4.69, 9.17) is 4.42 Å². The Morgan fingerprint density at radius 2 is 1.89 bits per heavy atom. The topological polar surface area (TPSA) is 74.5 Å². The Labute approximate surface area is 164 Å². The molecule has 146 valence electrons. The number of nitrogens with one attached hydrogen (secondary N) is 1. The largest absolute Gasteiger partial charge is 0.416 e. The summed E-state index contributed by atoms with van der Waals surface area (Å²) in [5, 5.41) is 11.3. The van der Waals surface area contributed by atoms with Gasteiger partial charge in [-0.25, -0.2) is 0 Å². The molecule has 2 aromatic rings. The number of hydrogen-bond acceptors (Lipinski definition) is 7. The van der Waals surface area contributed by atoms with E-state index in [-0.39, 0.29) is 17.6 Å². The highest BCUT2D eigenvalue weighted by Crippen LogP contribution is 2.22. The summed E-state index contributed by atoms with van der Waals surface area (Å²) in [6.45, 7) is 11.6. The van der Waals surface area contributed by atoms with E-state index in [9.17, 15) is 4.79 Å². The molecule has 1 aliphatic heterocycles. The number of carbonyl (C=O) groups excluding carboxylic acids is 1. The average Bonchev–Trinajstić information content (AvgIpc) is 3.17. The second-order valence-electron chi connectivity index (χ2n) is 6.87. The van der Waals surface area contributed by atoms with Gasteiger partial charge in [0.2, 0.25) is 11.8 Å². The Bertz CT molecular complexity index is 739. The number of thioether (sulfide) groups is 1. The van der Waals surface area contributed by atoms with Crippen LogP contribution >= 0.6 is 11.8 Å². The fraction of sp³-hybridized carbons (Fsp3) is 0.526. The highest BCUT2D eigenvalue weighted by Gasteiger charge is 2.16. The van der Waals surface area contributed by atoms with Crippen LogP contribution < -0.4 is 10.2 Å². The molecule has 0 spiro atoms. The first-order chi connectivity index (χ1) is 13.0. The monoisotopic (exact) mass is 389 g/mol. The van der Waals surface area contributed by atoms with Gasteiger partial charge in [-0.2, -0.15) is 0 Å². The zero-order chi connectivity index (χ0) is 19.2. The van der Waals surface area contributed by atoms with Crippen LogP contribution in [0.1, 0.15) is 32.6 Å². The predicted molar refractivity (Wildman–Crippen MR) is 109 cm³/mol. The van der Waals surface area contributed by atoms with Crippen molar-refractivity contribution in [3.05, 3.63) is 30.2 Å². The maximum atomic E-state index is 12.1. The number of carbonyl (C=O) groups is 1. The average molecular weight is 390 g/mol. The van der Waals surface area contributed by atoms with Gasteiger partial charge in [0.1, 0.15) is 0 Å². The predicted octanol–water partition coefficient (Wildman–Crippen LogP) is 3.07. The van der Waals surface area contributed by atoms with Crippen molar-refractivity contribution >= 4 is 29.0 Å². The van der Waals surface area contributed by atoms with Gasteiger partial charge in [0.05, 0.1) is 5.75 Å². The van der Waals surface area contributed by atoms with Crippen LogP contribution in [0.25, 0.3) is 0 Å². The van der Waals surface area contributed by atoms with Crippen LogP contribution in [0.5, 0.6) is 0 Å². The molecule has 1 aromatic heterocycles. The van der Waals surface area contributed by atoms with Crippen LogP contribution in [-0.4, -0.2) is 59.5 Å². The fourth-order valence-corrected chi connectivity index (χ4v) is 3.48. The first-order valence-electron chi connectivity index (χ1n) is 9.38. The SMILES string of the molecule is CCN1CCN(c2ccc(NC(=O)CSc3nnc(C(C)C)o3)cc2)CC1. The third kappa shape index (κ3) is 5.46. The van der Waals surface area contributed by atoms with Gasteiger partial charge in [0.25, 0.3) is 5.22 Å². The normalized spacial score (nSPS) is 15.3. The van der Waals surface area contributed by atoms with Crippen LogP contribution in [0.4, 0.5) is 11.4 Å². The van der Waals surface area contributed by atoms with Crippen molar-refractivity contribution < 1.29 is 9.21 Å². The standard InChI is InChI=1S/C19H27N5O2S/c1-4-23-9-11-24(12-10-23)16-7-5-15(6-8-16)20-17(25)13-27-19-22-21-18(26-19)14(2)3/h5-8,14H,4,9-13H2,1-3H3,(H,20,25). The molecular formula is C19H27N5O2S.